The van der Waals surface area contributed by atoms with Crippen molar-refractivity contribution >= 4 is 5.96 Å². The van der Waals surface area contributed by atoms with Crippen LogP contribution >= 0.6 is 0 Å². The van der Waals surface area contributed by atoms with Crippen molar-refractivity contribution in [2.75, 3.05) is 13.2 Å². The Bertz CT molecular complexity index is 661. The molecule has 3 N–H and O–H groups in total. The maximum atomic E-state index is 5.94. The van der Waals surface area contributed by atoms with Crippen molar-refractivity contribution in [2.45, 2.75) is 44.9 Å². The fraction of sp³-hybridized carbons (Fsp3) is 0.474. The van der Waals surface area contributed by atoms with Gasteiger partial charge in [0.2, 0.25) is 0 Å². The van der Waals surface area contributed by atoms with Crippen LogP contribution < -0.4 is 11.1 Å². The molecule has 1 aromatic heterocycles. The third-order valence-electron chi connectivity index (χ3n) is 4.43. The third kappa shape index (κ3) is 5.60. The van der Waals surface area contributed by atoms with Gasteiger partial charge >= 0.3 is 0 Å². The second-order valence-electron chi connectivity index (χ2n) is 6.34. The number of nitrogens with one attached hydrogen (secondary N) is 1. The Morgan fingerprint density at radius 3 is 3.04 bits per heavy atom. The topological polar surface area (TPSA) is 77.5 Å². The molecule has 6 heteroatoms. The van der Waals surface area contributed by atoms with Crippen molar-refractivity contribution in [3.63, 3.8) is 0 Å². The van der Waals surface area contributed by atoms with Gasteiger partial charge in [-0.1, -0.05) is 30.3 Å². The number of aryl methyl sites for hydroxylation is 2. The second-order valence-corrected chi connectivity index (χ2v) is 6.34. The fourth-order valence-electron chi connectivity index (χ4n) is 3.03. The van der Waals surface area contributed by atoms with Crippen LogP contribution in [0.4, 0.5) is 0 Å². The van der Waals surface area contributed by atoms with Gasteiger partial charge in [0.1, 0.15) is 12.4 Å². The summed E-state index contributed by atoms with van der Waals surface area (Å²) in [6.45, 7) is 3.00. The molecule has 1 atom stereocenters. The minimum absolute atomic E-state index is 0.258. The monoisotopic (exact) mass is 341 g/mol. The van der Waals surface area contributed by atoms with Crippen molar-refractivity contribution in [3.8, 4) is 0 Å². The first-order valence-electron chi connectivity index (χ1n) is 9.00. The highest BCUT2D eigenvalue weighted by Crippen LogP contribution is 2.10. The zero-order chi connectivity index (χ0) is 17.3. The van der Waals surface area contributed by atoms with Crippen LogP contribution in [0.2, 0.25) is 0 Å². The van der Waals surface area contributed by atoms with Crippen molar-refractivity contribution in [3.05, 3.63) is 54.1 Å². The van der Waals surface area contributed by atoms with Crippen LogP contribution in [0.25, 0.3) is 0 Å². The van der Waals surface area contributed by atoms with Gasteiger partial charge in [-0.2, -0.15) is 0 Å². The first-order chi connectivity index (χ1) is 12.3. The molecule has 1 aliphatic heterocycles. The van der Waals surface area contributed by atoms with Gasteiger partial charge < -0.3 is 20.4 Å². The van der Waals surface area contributed by atoms with Gasteiger partial charge in [-0.05, 0) is 31.2 Å². The van der Waals surface area contributed by atoms with Crippen LogP contribution in [-0.2, 0) is 24.2 Å². The first-order valence-corrected chi connectivity index (χ1v) is 9.00. The quantitative estimate of drug-likeness (QED) is 0.569. The van der Waals surface area contributed by atoms with E-state index in [0.717, 1.165) is 51.2 Å². The number of nitrogens with two attached hydrogens (primary N) is 1. The number of guanidine groups is 1. The molecular formula is C19H27N5O. The lowest BCUT2D eigenvalue weighted by molar-refractivity contribution is 0.114. The zero-order valence-corrected chi connectivity index (χ0v) is 14.6. The van der Waals surface area contributed by atoms with E-state index in [4.69, 9.17) is 10.5 Å². The molecule has 3 rings (SSSR count). The number of hydrogen-bond donors (Lipinski definition) is 2. The first kappa shape index (κ1) is 17.5. The molecule has 1 unspecified atom stereocenters. The Balaban J connectivity index is 1.43. The Morgan fingerprint density at radius 2 is 2.24 bits per heavy atom. The molecule has 1 saturated heterocycles. The summed E-state index contributed by atoms with van der Waals surface area (Å²) in [5.41, 5.74) is 7.31. The number of benzene rings is 1. The molecule has 6 nitrogen and oxygen atoms in total. The maximum absolute atomic E-state index is 5.94. The summed E-state index contributed by atoms with van der Waals surface area (Å²) in [7, 11) is 0. The SMILES string of the molecule is NC(=NCc1nccn1CCCc1ccccc1)NCC1CCCO1. The van der Waals surface area contributed by atoms with E-state index in [-0.39, 0.29) is 6.10 Å². The molecule has 1 aliphatic rings. The van der Waals surface area contributed by atoms with E-state index >= 15 is 0 Å². The summed E-state index contributed by atoms with van der Waals surface area (Å²) < 4.78 is 7.72. The summed E-state index contributed by atoms with van der Waals surface area (Å²) in [6.07, 6.45) is 8.44. The molecule has 25 heavy (non-hydrogen) atoms. The predicted molar refractivity (Wildman–Crippen MR) is 99.3 cm³/mol. The predicted octanol–water partition coefficient (Wildman–Crippen LogP) is 2.10. The van der Waals surface area contributed by atoms with Crippen LogP contribution in [0.3, 0.4) is 0 Å². The molecule has 0 aliphatic carbocycles. The molecule has 0 saturated carbocycles. The van der Waals surface area contributed by atoms with Crippen molar-refractivity contribution < 1.29 is 4.74 Å². The van der Waals surface area contributed by atoms with Gasteiger partial charge in [0.15, 0.2) is 5.96 Å². The lowest BCUT2D eigenvalue weighted by atomic mass is 10.1. The molecule has 134 valence electrons. The fourth-order valence-corrected chi connectivity index (χ4v) is 3.03. The third-order valence-corrected chi connectivity index (χ3v) is 4.43. The molecule has 0 radical (unpaired) electrons. The molecule has 0 bridgehead atoms. The lowest BCUT2D eigenvalue weighted by Crippen LogP contribution is -2.37. The minimum Gasteiger partial charge on any atom is -0.376 e. The molecule has 0 amide bonds. The summed E-state index contributed by atoms with van der Waals surface area (Å²) >= 11 is 0. The van der Waals surface area contributed by atoms with Crippen LogP contribution in [0.15, 0.2) is 47.7 Å². The standard InChI is InChI=1S/C19H27N5O/c20-19(22-14-17-9-5-13-25-17)23-15-18-21-10-12-24(18)11-4-8-16-6-2-1-3-7-16/h1-3,6-7,10,12,17H,4-5,8-9,11,13-15H2,(H3,20,22,23). The minimum atomic E-state index is 0.258. The average molecular weight is 341 g/mol. The van der Waals surface area contributed by atoms with E-state index in [0.29, 0.717) is 12.5 Å². The molecule has 2 aromatic rings. The number of ether oxygens (including phenoxy) is 1. The number of imidazole rings is 1. The molecule has 0 spiro atoms. The van der Waals surface area contributed by atoms with Gasteiger partial charge in [-0.15, -0.1) is 0 Å². The molecular weight excluding hydrogens is 314 g/mol. The van der Waals surface area contributed by atoms with E-state index in [1.165, 1.54) is 5.56 Å². The lowest BCUT2D eigenvalue weighted by Gasteiger charge is -2.11. The maximum Gasteiger partial charge on any atom is 0.189 e. The number of aliphatic imine (C=N–C) groups is 1. The van der Waals surface area contributed by atoms with Crippen LogP contribution in [0, 0.1) is 0 Å². The highest BCUT2D eigenvalue weighted by molar-refractivity contribution is 5.77. The van der Waals surface area contributed by atoms with Crippen LogP contribution in [0.1, 0.15) is 30.7 Å². The van der Waals surface area contributed by atoms with Crippen molar-refractivity contribution in [1.29, 1.82) is 0 Å². The van der Waals surface area contributed by atoms with Crippen molar-refractivity contribution in [2.24, 2.45) is 10.7 Å². The van der Waals surface area contributed by atoms with E-state index in [1.807, 2.05) is 18.5 Å². The molecule has 2 heterocycles. The Labute approximate surface area is 149 Å². The summed E-state index contributed by atoms with van der Waals surface area (Å²) in [6, 6.07) is 10.5. The van der Waals surface area contributed by atoms with Crippen LogP contribution in [-0.4, -0.2) is 34.8 Å². The largest absolute Gasteiger partial charge is 0.376 e. The van der Waals surface area contributed by atoms with Crippen LogP contribution in [0.5, 0.6) is 0 Å². The number of hydrogen-bond acceptors (Lipinski definition) is 3. The van der Waals surface area contributed by atoms with E-state index in [2.05, 4.69) is 44.1 Å². The normalized spacial score (nSPS) is 17.8. The summed E-state index contributed by atoms with van der Waals surface area (Å²) in [4.78, 5) is 8.80. The Kier molecular flexibility index (Phi) is 6.45. The Hall–Kier alpha value is -2.34. The highest BCUT2D eigenvalue weighted by atomic mass is 16.5. The van der Waals surface area contributed by atoms with E-state index in [1.54, 1.807) is 0 Å². The van der Waals surface area contributed by atoms with E-state index in [9.17, 15) is 0 Å². The molecule has 1 fully saturated rings. The molecule has 1 aromatic carbocycles. The average Bonchev–Trinajstić information content (AvgIpc) is 3.31. The smallest absolute Gasteiger partial charge is 0.189 e. The number of rotatable bonds is 8. The van der Waals surface area contributed by atoms with E-state index < -0.39 is 0 Å². The highest BCUT2D eigenvalue weighted by Gasteiger charge is 2.14. The summed E-state index contributed by atoms with van der Waals surface area (Å²) in [5.74, 6) is 1.39. The van der Waals surface area contributed by atoms with Gasteiger partial charge in [0.05, 0.1) is 6.10 Å². The summed E-state index contributed by atoms with van der Waals surface area (Å²) in [5, 5.41) is 3.14. The van der Waals surface area contributed by atoms with Gasteiger partial charge in [-0.3, -0.25) is 0 Å². The zero-order valence-electron chi connectivity index (χ0n) is 14.6. The van der Waals surface area contributed by atoms with Crippen molar-refractivity contribution in [1.82, 2.24) is 14.9 Å². The van der Waals surface area contributed by atoms with Gasteiger partial charge in [0, 0.05) is 32.1 Å². The van der Waals surface area contributed by atoms with Gasteiger partial charge in [-0.25, -0.2) is 9.98 Å². The number of aromatic nitrogens is 2. The van der Waals surface area contributed by atoms with Gasteiger partial charge in [0.25, 0.3) is 0 Å². The number of nitrogens with zero attached hydrogens (tertiary/aromatic N) is 3. The Morgan fingerprint density at radius 1 is 1.36 bits per heavy atom. The second kappa shape index (κ2) is 9.22.